The summed E-state index contributed by atoms with van der Waals surface area (Å²) >= 11 is 0. The average molecular weight is 239 g/mol. The number of amides is 1. The van der Waals surface area contributed by atoms with Crippen LogP contribution in [0.15, 0.2) is 18.2 Å². The Balaban J connectivity index is 2.79. The fraction of sp³-hybridized carbons (Fsp3) is 0.462. The molecule has 0 fully saturated rings. The number of aliphatic hydroxyl groups excluding tert-OH is 1. The van der Waals surface area contributed by atoms with Crippen molar-refractivity contribution in [2.24, 2.45) is 5.92 Å². The van der Waals surface area contributed by atoms with Crippen LogP contribution < -0.4 is 5.32 Å². The summed E-state index contributed by atoms with van der Waals surface area (Å²) in [6, 6.07) is 4.03. The molecule has 0 bridgehead atoms. The highest BCUT2D eigenvalue weighted by Gasteiger charge is 2.16. The lowest BCUT2D eigenvalue weighted by Crippen LogP contribution is -2.41. The Morgan fingerprint density at radius 3 is 2.59 bits per heavy atom. The number of carbonyl (C=O) groups is 1. The van der Waals surface area contributed by atoms with Crippen molar-refractivity contribution in [3.8, 4) is 0 Å². The van der Waals surface area contributed by atoms with Crippen molar-refractivity contribution in [3.05, 3.63) is 35.1 Å². The molecule has 2 N–H and O–H groups in total. The molecule has 1 amide bonds. The number of hydrogen-bond donors (Lipinski definition) is 2. The fourth-order valence-electron chi connectivity index (χ4n) is 1.41. The van der Waals surface area contributed by atoms with Gasteiger partial charge in [-0.2, -0.15) is 0 Å². The largest absolute Gasteiger partial charge is 0.394 e. The summed E-state index contributed by atoms with van der Waals surface area (Å²) in [6.45, 7) is 5.31. The number of nitrogens with one attached hydrogen (secondary N) is 1. The molecule has 0 saturated heterocycles. The van der Waals surface area contributed by atoms with Gasteiger partial charge in [-0.05, 0) is 30.5 Å². The second kappa shape index (κ2) is 5.77. The van der Waals surface area contributed by atoms with Crippen LogP contribution in [-0.2, 0) is 0 Å². The Labute approximate surface area is 101 Å². The van der Waals surface area contributed by atoms with Crippen LogP contribution in [0.5, 0.6) is 0 Å². The third-order valence-corrected chi connectivity index (χ3v) is 2.75. The van der Waals surface area contributed by atoms with E-state index in [0.29, 0.717) is 5.56 Å². The third-order valence-electron chi connectivity index (χ3n) is 2.75. The second-order valence-corrected chi connectivity index (χ2v) is 4.47. The summed E-state index contributed by atoms with van der Waals surface area (Å²) in [7, 11) is 0. The maximum absolute atomic E-state index is 13.3. The summed E-state index contributed by atoms with van der Waals surface area (Å²) in [5.41, 5.74) is 0.774. The van der Waals surface area contributed by atoms with Gasteiger partial charge in [0.05, 0.1) is 12.6 Å². The predicted octanol–water partition coefficient (Wildman–Crippen LogP) is 1.88. The van der Waals surface area contributed by atoms with E-state index in [1.165, 1.54) is 6.07 Å². The van der Waals surface area contributed by atoms with E-state index in [1.54, 1.807) is 19.1 Å². The van der Waals surface area contributed by atoms with Gasteiger partial charge in [0.15, 0.2) is 0 Å². The van der Waals surface area contributed by atoms with Gasteiger partial charge in [0.1, 0.15) is 5.82 Å². The minimum atomic E-state index is -0.400. The Hall–Kier alpha value is -1.42. The number of hydrogen-bond acceptors (Lipinski definition) is 2. The fourth-order valence-corrected chi connectivity index (χ4v) is 1.41. The molecule has 1 unspecified atom stereocenters. The minimum Gasteiger partial charge on any atom is -0.394 e. The molecule has 1 atom stereocenters. The van der Waals surface area contributed by atoms with Crippen LogP contribution in [0.3, 0.4) is 0 Å². The van der Waals surface area contributed by atoms with Crippen LogP contribution in [0.1, 0.15) is 29.8 Å². The number of aliphatic hydroxyl groups is 1. The summed E-state index contributed by atoms with van der Waals surface area (Å²) in [6.07, 6.45) is 0. The van der Waals surface area contributed by atoms with Gasteiger partial charge in [-0.15, -0.1) is 0 Å². The Morgan fingerprint density at radius 2 is 2.12 bits per heavy atom. The summed E-state index contributed by atoms with van der Waals surface area (Å²) in [5, 5.41) is 11.8. The second-order valence-electron chi connectivity index (χ2n) is 4.47. The van der Waals surface area contributed by atoms with Crippen LogP contribution in [0.2, 0.25) is 0 Å². The molecule has 0 heterocycles. The van der Waals surface area contributed by atoms with Gasteiger partial charge in [-0.1, -0.05) is 19.9 Å². The van der Waals surface area contributed by atoms with Crippen molar-refractivity contribution >= 4 is 5.91 Å². The maximum atomic E-state index is 13.3. The van der Waals surface area contributed by atoms with Crippen LogP contribution in [0.25, 0.3) is 0 Å². The van der Waals surface area contributed by atoms with E-state index in [1.807, 2.05) is 13.8 Å². The molecule has 0 aliphatic carbocycles. The van der Waals surface area contributed by atoms with Crippen LogP contribution in [0, 0.1) is 18.7 Å². The molecule has 1 rings (SSSR count). The monoisotopic (exact) mass is 239 g/mol. The van der Waals surface area contributed by atoms with Crippen LogP contribution in [-0.4, -0.2) is 23.7 Å². The summed E-state index contributed by atoms with van der Waals surface area (Å²) < 4.78 is 13.3. The molecule has 0 aromatic heterocycles. The molecule has 1 aromatic carbocycles. The smallest absolute Gasteiger partial charge is 0.251 e. The zero-order valence-electron chi connectivity index (χ0n) is 10.3. The first kappa shape index (κ1) is 13.6. The van der Waals surface area contributed by atoms with Gasteiger partial charge in [0, 0.05) is 5.56 Å². The molecule has 94 valence electrons. The first-order valence-corrected chi connectivity index (χ1v) is 5.63. The lowest BCUT2D eigenvalue weighted by atomic mass is 10.0. The molecule has 1 aromatic rings. The molecular weight excluding hydrogens is 221 g/mol. The van der Waals surface area contributed by atoms with Gasteiger partial charge in [0.2, 0.25) is 0 Å². The highest BCUT2D eigenvalue weighted by atomic mass is 19.1. The number of benzene rings is 1. The maximum Gasteiger partial charge on any atom is 0.251 e. The molecule has 0 radical (unpaired) electrons. The molecule has 17 heavy (non-hydrogen) atoms. The van der Waals surface area contributed by atoms with Gasteiger partial charge >= 0.3 is 0 Å². The quantitative estimate of drug-likeness (QED) is 0.842. The zero-order chi connectivity index (χ0) is 13.0. The van der Waals surface area contributed by atoms with Crippen LogP contribution in [0.4, 0.5) is 4.39 Å². The van der Waals surface area contributed by atoms with Gasteiger partial charge in [-0.25, -0.2) is 4.39 Å². The predicted molar refractivity (Wildman–Crippen MR) is 64.3 cm³/mol. The first-order valence-electron chi connectivity index (χ1n) is 5.63. The first-order chi connectivity index (χ1) is 7.95. The molecule has 0 spiro atoms. The Morgan fingerprint density at radius 1 is 1.47 bits per heavy atom. The van der Waals surface area contributed by atoms with Crippen molar-refractivity contribution < 1.29 is 14.3 Å². The topological polar surface area (TPSA) is 49.3 Å². The van der Waals surface area contributed by atoms with Crippen molar-refractivity contribution in [1.82, 2.24) is 5.32 Å². The van der Waals surface area contributed by atoms with Gasteiger partial charge < -0.3 is 10.4 Å². The van der Waals surface area contributed by atoms with Gasteiger partial charge in [-0.3, -0.25) is 4.79 Å². The number of carbonyl (C=O) groups excluding carboxylic acids is 1. The average Bonchev–Trinajstić information content (AvgIpc) is 2.28. The number of halogens is 1. The van der Waals surface area contributed by atoms with Crippen molar-refractivity contribution in [2.45, 2.75) is 26.8 Å². The minimum absolute atomic E-state index is 0.124. The number of aryl methyl sites for hydroxylation is 1. The normalized spacial score (nSPS) is 12.6. The van der Waals surface area contributed by atoms with Crippen molar-refractivity contribution in [3.63, 3.8) is 0 Å². The van der Waals surface area contributed by atoms with Crippen LogP contribution >= 0.6 is 0 Å². The lowest BCUT2D eigenvalue weighted by Gasteiger charge is -2.19. The summed E-state index contributed by atoms with van der Waals surface area (Å²) in [4.78, 5) is 11.8. The van der Waals surface area contributed by atoms with E-state index in [-0.39, 0.29) is 30.0 Å². The van der Waals surface area contributed by atoms with E-state index in [0.717, 1.165) is 0 Å². The van der Waals surface area contributed by atoms with E-state index in [9.17, 15) is 9.18 Å². The SMILES string of the molecule is Cc1ccc(C(=O)NC(CO)C(C)C)cc1F. The van der Waals surface area contributed by atoms with Crippen molar-refractivity contribution in [1.29, 1.82) is 0 Å². The van der Waals surface area contributed by atoms with E-state index in [4.69, 9.17) is 5.11 Å². The highest BCUT2D eigenvalue weighted by Crippen LogP contribution is 2.10. The third kappa shape index (κ3) is 3.53. The molecule has 0 aliphatic rings. The van der Waals surface area contributed by atoms with Gasteiger partial charge in [0.25, 0.3) is 5.91 Å². The molecular formula is C13H18FNO2. The molecule has 3 nitrogen and oxygen atoms in total. The molecule has 0 aliphatic heterocycles. The number of rotatable bonds is 4. The Kier molecular flexibility index (Phi) is 4.63. The molecule has 4 heteroatoms. The summed E-state index contributed by atoms with van der Waals surface area (Å²) in [5.74, 6) is -0.640. The molecule has 0 saturated carbocycles. The zero-order valence-corrected chi connectivity index (χ0v) is 10.3. The van der Waals surface area contributed by atoms with E-state index in [2.05, 4.69) is 5.32 Å². The van der Waals surface area contributed by atoms with E-state index >= 15 is 0 Å². The van der Waals surface area contributed by atoms with E-state index < -0.39 is 5.82 Å². The lowest BCUT2D eigenvalue weighted by molar-refractivity contribution is 0.0896. The standard InChI is InChI=1S/C13H18FNO2/c1-8(2)12(7-16)15-13(17)10-5-4-9(3)11(14)6-10/h4-6,8,12,16H,7H2,1-3H3,(H,15,17). The Bertz CT molecular complexity index is 404. The van der Waals surface area contributed by atoms with Crippen molar-refractivity contribution in [2.75, 3.05) is 6.61 Å². The highest BCUT2D eigenvalue weighted by molar-refractivity contribution is 5.94.